The minimum absolute atomic E-state index is 0.0145. The Morgan fingerprint density at radius 3 is 2.40 bits per heavy atom. The van der Waals surface area contributed by atoms with Crippen LogP contribution in [0.4, 0.5) is 0 Å². The van der Waals surface area contributed by atoms with E-state index in [-0.39, 0.29) is 18.8 Å². The van der Waals surface area contributed by atoms with Gasteiger partial charge in [0.15, 0.2) is 5.60 Å². The van der Waals surface area contributed by atoms with E-state index in [0.717, 1.165) is 23.1 Å². The van der Waals surface area contributed by atoms with E-state index >= 15 is 0 Å². The lowest BCUT2D eigenvalue weighted by molar-refractivity contribution is -0.159. The van der Waals surface area contributed by atoms with Crippen molar-refractivity contribution in [2.45, 2.75) is 51.7 Å². The second kappa shape index (κ2) is 9.86. The maximum absolute atomic E-state index is 13.1. The van der Waals surface area contributed by atoms with Gasteiger partial charge in [-0.3, -0.25) is 19.6 Å². The fraction of sp³-hybridized carbons (Fsp3) is 0.500. The van der Waals surface area contributed by atoms with E-state index in [9.17, 15) is 19.5 Å². The molecule has 0 spiro atoms. The first kappa shape index (κ1) is 23.6. The Morgan fingerprint density at radius 2 is 1.80 bits per heavy atom. The van der Waals surface area contributed by atoms with E-state index in [1.807, 2.05) is 30.3 Å². The van der Waals surface area contributed by atoms with Crippen LogP contribution in [0.15, 0.2) is 30.3 Å². The molecule has 0 bridgehead atoms. The van der Waals surface area contributed by atoms with E-state index in [1.54, 1.807) is 13.8 Å². The molecule has 1 aromatic rings. The predicted octanol–water partition coefficient (Wildman–Crippen LogP) is 1.17. The summed E-state index contributed by atoms with van der Waals surface area (Å²) < 4.78 is 0. The molecule has 164 valence electrons. The van der Waals surface area contributed by atoms with Crippen molar-refractivity contribution in [3.8, 4) is 0 Å². The average Bonchev–Trinajstić information content (AvgIpc) is 3.13. The highest BCUT2D eigenvalue weighted by atomic mass is 16.5. The molecule has 0 heterocycles. The number of hydrogen-bond acceptors (Lipinski definition) is 5. The highest BCUT2D eigenvalue weighted by Gasteiger charge is 2.46. The van der Waals surface area contributed by atoms with Gasteiger partial charge in [-0.2, -0.15) is 0 Å². The fourth-order valence-corrected chi connectivity index (χ4v) is 3.84. The molecule has 0 radical (unpaired) electrons. The standard InChI is InChI=1S/C22H31N3O5/c1-13(2)12-22(29,14(3)19(26)25-30)21(28)24-18(20(27)23-4)11-16-10-9-15-7-5-6-8-17(15)16/h5-8,10,13-14,18,29-30H,9,11-12H2,1-4H3,(H,23,27)(H,24,28)(H,25,26)/t14-,18+,22+/m1/s1. The van der Waals surface area contributed by atoms with Crippen LogP contribution in [0.1, 0.15) is 44.7 Å². The van der Waals surface area contributed by atoms with Crippen LogP contribution in [-0.4, -0.2) is 46.7 Å². The molecule has 0 saturated heterocycles. The van der Waals surface area contributed by atoms with E-state index in [1.165, 1.54) is 19.5 Å². The molecule has 30 heavy (non-hydrogen) atoms. The second-order valence-electron chi connectivity index (χ2n) is 8.16. The zero-order valence-corrected chi connectivity index (χ0v) is 17.9. The SMILES string of the molecule is CNC(=O)[C@H](CC1=CCc2ccccc21)NC(=O)[C@](O)(CC(C)C)[C@H](C)C(=O)NO. The molecule has 3 amide bonds. The summed E-state index contributed by atoms with van der Waals surface area (Å²) in [6.45, 7) is 4.97. The molecule has 5 N–H and O–H groups in total. The molecule has 3 atom stereocenters. The summed E-state index contributed by atoms with van der Waals surface area (Å²) in [5.41, 5.74) is 2.52. The number of rotatable bonds is 9. The summed E-state index contributed by atoms with van der Waals surface area (Å²) >= 11 is 0. The molecule has 0 unspecified atom stereocenters. The van der Waals surface area contributed by atoms with E-state index in [0.29, 0.717) is 0 Å². The Labute approximate surface area is 176 Å². The topological polar surface area (TPSA) is 128 Å². The minimum Gasteiger partial charge on any atom is -0.379 e. The second-order valence-corrected chi connectivity index (χ2v) is 8.16. The van der Waals surface area contributed by atoms with Crippen molar-refractivity contribution in [1.29, 1.82) is 0 Å². The van der Waals surface area contributed by atoms with Crippen molar-refractivity contribution in [3.05, 3.63) is 41.5 Å². The smallest absolute Gasteiger partial charge is 0.253 e. The number of aliphatic hydroxyl groups is 1. The number of amides is 3. The van der Waals surface area contributed by atoms with Gasteiger partial charge in [0.1, 0.15) is 6.04 Å². The van der Waals surface area contributed by atoms with Crippen LogP contribution >= 0.6 is 0 Å². The summed E-state index contributed by atoms with van der Waals surface area (Å²) in [5.74, 6) is -3.44. The molecule has 1 aliphatic rings. The summed E-state index contributed by atoms with van der Waals surface area (Å²) in [7, 11) is 1.47. The first-order chi connectivity index (χ1) is 14.1. The number of benzene rings is 1. The van der Waals surface area contributed by atoms with Gasteiger partial charge in [-0.1, -0.05) is 51.1 Å². The van der Waals surface area contributed by atoms with Crippen molar-refractivity contribution >= 4 is 23.3 Å². The van der Waals surface area contributed by atoms with Gasteiger partial charge in [0.05, 0.1) is 5.92 Å². The normalized spacial score (nSPS) is 16.7. The minimum atomic E-state index is -2.09. The van der Waals surface area contributed by atoms with Gasteiger partial charge in [-0.25, -0.2) is 5.48 Å². The lowest BCUT2D eigenvalue weighted by Gasteiger charge is -2.34. The van der Waals surface area contributed by atoms with Crippen LogP contribution in [0.2, 0.25) is 0 Å². The van der Waals surface area contributed by atoms with Crippen molar-refractivity contribution in [3.63, 3.8) is 0 Å². The van der Waals surface area contributed by atoms with Crippen LogP contribution in [0.25, 0.3) is 5.57 Å². The highest BCUT2D eigenvalue weighted by molar-refractivity contribution is 5.96. The fourth-order valence-electron chi connectivity index (χ4n) is 3.84. The van der Waals surface area contributed by atoms with Crippen molar-refractivity contribution < 1.29 is 24.7 Å². The molecule has 1 aliphatic carbocycles. The first-order valence-corrected chi connectivity index (χ1v) is 10.1. The van der Waals surface area contributed by atoms with Crippen molar-refractivity contribution in [2.75, 3.05) is 7.05 Å². The summed E-state index contributed by atoms with van der Waals surface area (Å²) in [6, 6.07) is 6.93. The molecule has 0 fully saturated rings. The number of hydroxylamine groups is 1. The third-order valence-corrected chi connectivity index (χ3v) is 5.56. The molecule has 0 aromatic heterocycles. The number of hydrogen-bond donors (Lipinski definition) is 5. The molecule has 2 rings (SSSR count). The molecule has 0 saturated carbocycles. The quantitative estimate of drug-likeness (QED) is 0.304. The molecule has 0 aliphatic heterocycles. The zero-order chi connectivity index (χ0) is 22.5. The Bertz CT molecular complexity index is 836. The van der Waals surface area contributed by atoms with Gasteiger partial charge in [-0.05, 0) is 35.5 Å². The van der Waals surface area contributed by atoms with Crippen molar-refractivity contribution in [2.24, 2.45) is 11.8 Å². The molecular formula is C22H31N3O5. The molecule has 1 aromatic carbocycles. The predicted molar refractivity (Wildman–Crippen MR) is 112 cm³/mol. The number of allylic oxidation sites excluding steroid dienone is 1. The van der Waals surface area contributed by atoms with Crippen LogP contribution < -0.4 is 16.1 Å². The number of fused-ring (bicyclic) bond motifs is 1. The third kappa shape index (κ3) is 5.06. The Balaban J connectivity index is 2.27. The van der Waals surface area contributed by atoms with Crippen molar-refractivity contribution in [1.82, 2.24) is 16.1 Å². The number of carbonyl (C=O) groups excluding carboxylic acids is 3. The van der Waals surface area contributed by atoms with Crippen LogP contribution in [0.5, 0.6) is 0 Å². The molecule has 8 nitrogen and oxygen atoms in total. The molecule has 8 heteroatoms. The van der Waals surface area contributed by atoms with Crippen LogP contribution in [-0.2, 0) is 20.8 Å². The summed E-state index contributed by atoms with van der Waals surface area (Å²) in [6.07, 6.45) is 3.01. The van der Waals surface area contributed by atoms with Crippen LogP contribution in [0, 0.1) is 11.8 Å². The lowest BCUT2D eigenvalue weighted by atomic mass is 9.80. The van der Waals surface area contributed by atoms with Crippen LogP contribution in [0.3, 0.4) is 0 Å². The maximum atomic E-state index is 13.1. The van der Waals surface area contributed by atoms with E-state index in [4.69, 9.17) is 5.21 Å². The van der Waals surface area contributed by atoms with Gasteiger partial charge in [-0.15, -0.1) is 0 Å². The summed E-state index contributed by atoms with van der Waals surface area (Å²) in [4.78, 5) is 37.5. The third-order valence-electron chi connectivity index (χ3n) is 5.56. The molecular weight excluding hydrogens is 386 g/mol. The van der Waals surface area contributed by atoms with Gasteiger partial charge in [0.25, 0.3) is 5.91 Å². The monoisotopic (exact) mass is 417 g/mol. The van der Waals surface area contributed by atoms with Gasteiger partial charge in [0.2, 0.25) is 11.8 Å². The number of carbonyl (C=O) groups is 3. The number of nitrogens with one attached hydrogen (secondary N) is 3. The number of likely N-dealkylation sites (N-methyl/N-ethyl adjacent to an activating group) is 1. The highest BCUT2D eigenvalue weighted by Crippen LogP contribution is 2.31. The maximum Gasteiger partial charge on any atom is 0.253 e. The first-order valence-electron chi connectivity index (χ1n) is 10.1. The Kier molecular flexibility index (Phi) is 7.75. The lowest BCUT2D eigenvalue weighted by Crippen LogP contribution is -2.59. The van der Waals surface area contributed by atoms with Gasteiger partial charge in [0, 0.05) is 13.5 Å². The van der Waals surface area contributed by atoms with Gasteiger partial charge >= 0.3 is 0 Å². The van der Waals surface area contributed by atoms with E-state index < -0.39 is 35.3 Å². The van der Waals surface area contributed by atoms with Gasteiger partial charge < -0.3 is 15.7 Å². The Morgan fingerprint density at radius 1 is 1.13 bits per heavy atom. The largest absolute Gasteiger partial charge is 0.379 e. The Hall–Kier alpha value is -2.71. The van der Waals surface area contributed by atoms with E-state index in [2.05, 4.69) is 10.6 Å². The summed E-state index contributed by atoms with van der Waals surface area (Å²) in [5, 5.41) is 25.2. The zero-order valence-electron chi connectivity index (χ0n) is 17.9. The average molecular weight is 418 g/mol.